The van der Waals surface area contributed by atoms with Crippen molar-refractivity contribution in [2.75, 3.05) is 4.72 Å². The first-order valence-electron chi connectivity index (χ1n) is 6.32. The van der Waals surface area contributed by atoms with Crippen molar-refractivity contribution < 1.29 is 22.7 Å². The van der Waals surface area contributed by atoms with Crippen molar-refractivity contribution >= 4 is 21.7 Å². The molecule has 1 heterocycles. The lowest BCUT2D eigenvalue weighted by Gasteiger charge is -2.09. The van der Waals surface area contributed by atoms with Gasteiger partial charge in [-0.25, -0.2) is 14.2 Å². The average molecular weight is 327 g/mol. The van der Waals surface area contributed by atoms with Gasteiger partial charge in [-0.1, -0.05) is 19.9 Å². The highest BCUT2D eigenvalue weighted by atomic mass is 32.2. The summed E-state index contributed by atoms with van der Waals surface area (Å²) in [5.74, 6) is -2.13. The van der Waals surface area contributed by atoms with Gasteiger partial charge in [-0.05, 0) is 12.1 Å². The molecule has 0 spiro atoms. The summed E-state index contributed by atoms with van der Waals surface area (Å²) in [6.45, 7) is 3.66. The van der Waals surface area contributed by atoms with Gasteiger partial charge in [0.25, 0.3) is 10.0 Å². The lowest BCUT2D eigenvalue weighted by molar-refractivity contribution is 0.0693. The molecule has 9 heteroatoms. The van der Waals surface area contributed by atoms with Crippen molar-refractivity contribution in [3.8, 4) is 0 Å². The van der Waals surface area contributed by atoms with Gasteiger partial charge in [0.05, 0.1) is 11.9 Å². The first kappa shape index (κ1) is 16.0. The average Bonchev–Trinajstić information content (AvgIpc) is 2.88. The fourth-order valence-corrected chi connectivity index (χ4v) is 2.78. The molecule has 1 aromatic heterocycles. The predicted molar refractivity (Wildman–Crippen MR) is 76.8 cm³/mol. The van der Waals surface area contributed by atoms with E-state index in [1.54, 1.807) is 0 Å². The molecule has 1 aromatic carbocycles. The fourth-order valence-electron chi connectivity index (χ4n) is 1.78. The molecular formula is C13H14FN3O4S. The normalized spacial score (nSPS) is 11.6. The lowest BCUT2D eigenvalue weighted by atomic mass is 10.2. The third-order valence-corrected chi connectivity index (χ3v) is 4.16. The molecule has 7 nitrogen and oxygen atoms in total. The first-order chi connectivity index (χ1) is 10.2. The number of aromatic carboxylic acids is 1. The van der Waals surface area contributed by atoms with E-state index in [9.17, 15) is 17.6 Å². The van der Waals surface area contributed by atoms with Crippen molar-refractivity contribution in [2.45, 2.75) is 24.8 Å². The molecule has 0 aliphatic carbocycles. The smallest absolute Gasteiger partial charge is 0.340 e. The van der Waals surface area contributed by atoms with E-state index in [-0.39, 0.29) is 16.6 Å². The second kappa shape index (κ2) is 5.76. The summed E-state index contributed by atoms with van der Waals surface area (Å²) in [4.78, 5) is 17.6. The van der Waals surface area contributed by atoms with Gasteiger partial charge < -0.3 is 10.1 Å². The van der Waals surface area contributed by atoms with Gasteiger partial charge in [-0.2, -0.15) is 8.42 Å². The highest BCUT2D eigenvalue weighted by Gasteiger charge is 2.23. The lowest BCUT2D eigenvalue weighted by Crippen LogP contribution is -2.17. The Hall–Kier alpha value is -2.42. The number of rotatable bonds is 5. The van der Waals surface area contributed by atoms with Crippen LogP contribution in [-0.4, -0.2) is 29.5 Å². The maximum atomic E-state index is 13.6. The first-order valence-corrected chi connectivity index (χ1v) is 7.80. The van der Waals surface area contributed by atoms with Crippen molar-refractivity contribution in [2.24, 2.45) is 0 Å². The van der Waals surface area contributed by atoms with Crippen LogP contribution >= 0.6 is 0 Å². The van der Waals surface area contributed by atoms with Crippen molar-refractivity contribution in [1.82, 2.24) is 9.97 Å². The minimum absolute atomic E-state index is 0.00676. The number of sulfonamides is 1. The highest BCUT2D eigenvalue weighted by Crippen LogP contribution is 2.22. The number of halogens is 1. The summed E-state index contributed by atoms with van der Waals surface area (Å²) in [6, 6.07) is 3.32. The van der Waals surface area contributed by atoms with Gasteiger partial charge in [0, 0.05) is 5.92 Å². The van der Waals surface area contributed by atoms with E-state index in [1.165, 1.54) is 12.1 Å². The predicted octanol–water partition coefficient (Wildman–Crippen LogP) is 2.17. The van der Waals surface area contributed by atoms with Crippen LogP contribution in [0.15, 0.2) is 29.4 Å². The quantitative estimate of drug-likeness (QED) is 0.779. The summed E-state index contributed by atoms with van der Waals surface area (Å²) < 4.78 is 40.1. The summed E-state index contributed by atoms with van der Waals surface area (Å²) in [5.41, 5.74) is -1.09. The molecule has 3 N–H and O–H groups in total. The number of aromatic nitrogens is 2. The molecule has 0 radical (unpaired) electrons. The van der Waals surface area contributed by atoms with Crippen LogP contribution in [-0.2, 0) is 10.0 Å². The van der Waals surface area contributed by atoms with Gasteiger partial charge in [-0.15, -0.1) is 0 Å². The van der Waals surface area contributed by atoms with Crippen molar-refractivity contribution in [3.05, 3.63) is 41.6 Å². The number of benzene rings is 1. The molecule has 0 unspecified atom stereocenters. The Bertz CT molecular complexity index is 814. The summed E-state index contributed by atoms with van der Waals surface area (Å²) in [5, 5.41) is 8.77. The number of nitrogens with zero attached hydrogens (tertiary/aromatic N) is 1. The zero-order chi connectivity index (χ0) is 16.5. The Kier molecular flexibility index (Phi) is 4.18. The number of nitrogens with one attached hydrogen (secondary N) is 2. The van der Waals surface area contributed by atoms with Gasteiger partial charge in [-0.3, -0.25) is 4.72 Å². The van der Waals surface area contributed by atoms with Crippen LogP contribution < -0.4 is 4.72 Å². The van der Waals surface area contributed by atoms with Crippen LogP contribution in [0.4, 0.5) is 10.1 Å². The molecule has 0 bridgehead atoms. The third-order valence-electron chi connectivity index (χ3n) is 2.88. The summed E-state index contributed by atoms with van der Waals surface area (Å²) >= 11 is 0. The number of anilines is 1. The molecule has 22 heavy (non-hydrogen) atoms. The van der Waals surface area contributed by atoms with Gasteiger partial charge >= 0.3 is 5.97 Å². The largest absolute Gasteiger partial charge is 0.478 e. The van der Waals surface area contributed by atoms with Crippen LogP contribution in [0.1, 0.15) is 35.9 Å². The molecule has 118 valence electrons. The summed E-state index contributed by atoms with van der Waals surface area (Å²) in [6.07, 6.45) is 1.12. The van der Waals surface area contributed by atoms with E-state index in [0.717, 1.165) is 12.3 Å². The molecule has 0 saturated heterocycles. The standard InChI is InChI=1S/C13H14FN3O4S/c1-7(2)12-15-6-10(16-12)22(20,21)17-9-5-3-4-8(14)11(9)13(18)19/h3-7,17H,1-2H3,(H,15,16)(H,18,19). The zero-order valence-electron chi connectivity index (χ0n) is 11.8. The van der Waals surface area contributed by atoms with E-state index in [2.05, 4.69) is 14.7 Å². The Morgan fingerprint density at radius 1 is 1.41 bits per heavy atom. The Labute approximate surface area is 126 Å². The molecule has 0 aliphatic rings. The van der Waals surface area contributed by atoms with Crippen LogP contribution in [0.5, 0.6) is 0 Å². The molecule has 0 amide bonds. The van der Waals surface area contributed by atoms with E-state index in [0.29, 0.717) is 5.82 Å². The molecule has 2 rings (SSSR count). The molecule has 2 aromatic rings. The van der Waals surface area contributed by atoms with E-state index in [4.69, 9.17) is 5.11 Å². The monoisotopic (exact) mass is 327 g/mol. The maximum absolute atomic E-state index is 13.6. The third kappa shape index (κ3) is 3.08. The van der Waals surface area contributed by atoms with Gasteiger partial charge in [0.15, 0.2) is 5.03 Å². The van der Waals surface area contributed by atoms with Crippen LogP contribution in [0, 0.1) is 5.82 Å². The fraction of sp³-hybridized carbons (Fsp3) is 0.231. The number of H-pyrrole nitrogens is 1. The van der Waals surface area contributed by atoms with Crippen LogP contribution in [0.25, 0.3) is 0 Å². The molecule has 0 saturated carbocycles. The minimum Gasteiger partial charge on any atom is -0.478 e. The molecule has 0 atom stereocenters. The second-order valence-electron chi connectivity index (χ2n) is 4.86. The summed E-state index contributed by atoms with van der Waals surface area (Å²) in [7, 11) is -4.10. The SMILES string of the molecule is CC(C)c1ncc(S(=O)(=O)Nc2cccc(F)c2C(=O)O)[nH]1. The molecular weight excluding hydrogens is 313 g/mol. The molecule has 0 fully saturated rings. The maximum Gasteiger partial charge on any atom is 0.340 e. The Balaban J connectivity index is 2.41. The molecule has 0 aliphatic heterocycles. The highest BCUT2D eigenvalue weighted by molar-refractivity contribution is 7.92. The van der Waals surface area contributed by atoms with Crippen molar-refractivity contribution in [1.29, 1.82) is 0 Å². The number of carbonyl (C=O) groups is 1. The van der Waals surface area contributed by atoms with Crippen molar-refractivity contribution in [3.63, 3.8) is 0 Å². The number of imidazole rings is 1. The minimum atomic E-state index is -4.10. The van der Waals surface area contributed by atoms with E-state index in [1.807, 2.05) is 13.8 Å². The van der Waals surface area contributed by atoms with E-state index >= 15 is 0 Å². The van der Waals surface area contributed by atoms with Gasteiger partial charge in [0.2, 0.25) is 0 Å². The van der Waals surface area contributed by atoms with Crippen LogP contribution in [0.2, 0.25) is 0 Å². The van der Waals surface area contributed by atoms with Crippen LogP contribution in [0.3, 0.4) is 0 Å². The second-order valence-corrected chi connectivity index (χ2v) is 6.51. The Morgan fingerprint density at radius 3 is 2.64 bits per heavy atom. The zero-order valence-corrected chi connectivity index (χ0v) is 12.6. The van der Waals surface area contributed by atoms with Gasteiger partial charge in [0.1, 0.15) is 17.2 Å². The Morgan fingerprint density at radius 2 is 2.09 bits per heavy atom. The number of hydrogen-bond acceptors (Lipinski definition) is 4. The number of carboxylic acid groups (broad SMARTS) is 1. The number of carboxylic acids is 1. The van der Waals surface area contributed by atoms with E-state index < -0.39 is 27.4 Å². The topological polar surface area (TPSA) is 112 Å². The number of hydrogen-bond donors (Lipinski definition) is 3. The number of aromatic amines is 1.